The fourth-order valence-corrected chi connectivity index (χ4v) is 2.65. The zero-order valence-corrected chi connectivity index (χ0v) is 12.6. The molecule has 1 fully saturated rings. The van der Waals surface area contributed by atoms with E-state index in [1.54, 1.807) is 23.3 Å². The molecule has 20 heavy (non-hydrogen) atoms. The number of anilines is 1. The van der Waals surface area contributed by atoms with Gasteiger partial charge in [0, 0.05) is 18.9 Å². The summed E-state index contributed by atoms with van der Waals surface area (Å²) in [5.41, 5.74) is 0.452. The van der Waals surface area contributed by atoms with E-state index in [9.17, 15) is 4.79 Å². The van der Waals surface area contributed by atoms with Crippen molar-refractivity contribution in [2.24, 2.45) is 5.92 Å². The largest absolute Gasteiger partial charge is 0.372 e. The van der Waals surface area contributed by atoms with Crippen molar-refractivity contribution >= 4 is 21.6 Å². The highest BCUT2D eigenvalue weighted by Gasteiger charge is 2.20. The summed E-state index contributed by atoms with van der Waals surface area (Å²) in [4.78, 5) is 19.5. The Balaban J connectivity index is 1.77. The average molecular weight is 338 g/mol. The Morgan fingerprint density at radius 2 is 2.35 bits per heavy atom. The van der Waals surface area contributed by atoms with Crippen LogP contribution < -0.4 is 10.9 Å². The summed E-state index contributed by atoms with van der Waals surface area (Å²) in [6.45, 7) is 1.19. The lowest BCUT2D eigenvalue weighted by Gasteiger charge is -2.25. The Hall–Kier alpha value is -1.63. The number of aromatic nitrogens is 4. The number of rotatable bonds is 5. The molecule has 0 spiro atoms. The molecule has 6 nitrogen and oxygen atoms in total. The summed E-state index contributed by atoms with van der Waals surface area (Å²) in [5.74, 6) is 1.39. The van der Waals surface area contributed by atoms with Crippen molar-refractivity contribution in [1.29, 1.82) is 0 Å². The standard InChI is InChI=1S/C13H16BrN5O/c14-10-6-18-19(8-9-2-1-3-9)13(20)12(10)17-7-11-15-4-5-16-11/h4-6,9,17H,1-3,7-8H2,(H,15,16). The fraction of sp³-hybridized carbons (Fsp3) is 0.462. The van der Waals surface area contributed by atoms with Gasteiger partial charge in [0.25, 0.3) is 5.56 Å². The summed E-state index contributed by atoms with van der Waals surface area (Å²) >= 11 is 3.37. The number of imidazole rings is 1. The molecule has 7 heteroatoms. The first-order valence-electron chi connectivity index (χ1n) is 6.72. The molecular formula is C13H16BrN5O. The van der Waals surface area contributed by atoms with Crippen molar-refractivity contribution in [3.8, 4) is 0 Å². The van der Waals surface area contributed by atoms with Gasteiger partial charge < -0.3 is 10.3 Å². The first-order chi connectivity index (χ1) is 9.74. The Bertz CT molecular complexity index is 633. The summed E-state index contributed by atoms with van der Waals surface area (Å²) < 4.78 is 2.23. The zero-order chi connectivity index (χ0) is 13.9. The monoisotopic (exact) mass is 337 g/mol. The number of hydrogen-bond donors (Lipinski definition) is 2. The van der Waals surface area contributed by atoms with Crippen molar-refractivity contribution < 1.29 is 0 Å². The van der Waals surface area contributed by atoms with Crippen molar-refractivity contribution in [3.05, 3.63) is 39.2 Å². The maximum Gasteiger partial charge on any atom is 0.291 e. The van der Waals surface area contributed by atoms with E-state index in [1.807, 2.05) is 0 Å². The highest BCUT2D eigenvalue weighted by Crippen LogP contribution is 2.27. The van der Waals surface area contributed by atoms with Gasteiger partial charge in [-0.15, -0.1) is 0 Å². The van der Waals surface area contributed by atoms with Gasteiger partial charge in [-0.2, -0.15) is 5.10 Å². The minimum absolute atomic E-state index is 0.0853. The van der Waals surface area contributed by atoms with Crippen LogP contribution in [-0.2, 0) is 13.1 Å². The van der Waals surface area contributed by atoms with Gasteiger partial charge in [-0.05, 0) is 34.7 Å². The molecule has 0 unspecified atom stereocenters. The highest BCUT2D eigenvalue weighted by molar-refractivity contribution is 9.10. The molecule has 2 N–H and O–H groups in total. The maximum atomic E-state index is 12.4. The topological polar surface area (TPSA) is 75.6 Å². The van der Waals surface area contributed by atoms with Crippen LogP contribution in [0.2, 0.25) is 0 Å². The molecule has 1 aliphatic rings. The summed E-state index contributed by atoms with van der Waals surface area (Å²) in [5, 5.41) is 7.32. The Morgan fingerprint density at radius 1 is 1.50 bits per heavy atom. The molecule has 3 rings (SSSR count). The number of aromatic amines is 1. The number of nitrogens with one attached hydrogen (secondary N) is 2. The van der Waals surface area contributed by atoms with E-state index in [4.69, 9.17) is 0 Å². The first-order valence-corrected chi connectivity index (χ1v) is 7.51. The third kappa shape index (κ3) is 2.77. The Morgan fingerprint density at radius 3 is 3.00 bits per heavy atom. The van der Waals surface area contributed by atoms with E-state index in [0.717, 1.165) is 5.82 Å². The van der Waals surface area contributed by atoms with Gasteiger partial charge in [-0.1, -0.05) is 6.42 Å². The highest BCUT2D eigenvalue weighted by atomic mass is 79.9. The van der Waals surface area contributed by atoms with E-state index in [2.05, 4.69) is 36.3 Å². The predicted molar refractivity (Wildman–Crippen MR) is 79.5 cm³/mol. The number of H-pyrrole nitrogens is 1. The molecule has 0 saturated heterocycles. The summed E-state index contributed by atoms with van der Waals surface area (Å²) in [6.07, 6.45) is 8.77. The lowest BCUT2D eigenvalue weighted by Crippen LogP contribution is -2.30. The van der Waals surface area contributed by atoms with Gasteiger partial charge in [-0.25, -0.2) is 9.67 Å². The lowest BCUT2D eigenvalue weighted by molar-refractivity contribution is 0.262. The molecule has 0 amide bonds. The first kappa shape index (κ1) is 13.4. The fourth-order valence-electron chi connectivity index (χ4n) is 2.25. The second-order valence-corrected chi connectivity index (χ2v) is 5.90. The molecule has 0 bridgehead atoms. The molecule has 0 aliphatic heterocycles. The minimum atomic E-state index is -0.0853. The van der Waals surface area contributed by atoms with E-state index >= 15 is 0 Å². The lowest BCUT2D eigenvalue weighted by atomic mass is 9.85. The maximum absolute atomic E-state index is 12.4. The number of hydrogen-bond acceptors (Lipinski definition) is 4. The van der Waals surface area contributed by atoms with Gasteiger partial charge in [0.2, 0.25) is 0 Å². The van der Waals surface area contributed by atoms with Gasteiger partial charge in [-0.3, -0.25) is 4.79 Å². The predicted octanol–water partition coefficient (Wildman–Crippen LogP) is 2.14. The van der Waals surface area contributed by atoms with Crippen LogP contribution in [0.15, 0.2) is 27.9 Å². The Kier molecular flexibility index (Phi) is 3.86. The third-order valence-electron chi connectivity index (χ3n) is 3.64. The normalized spacial score (nSPS) is 15.1. The zero-order valence-electron chi connectivity index (χ0n) is 11.0. The van der Waals surface area contributed by atoms with Crippen LogP contribution in [0.4, 0.5) is 5.69 Å². The SMILES string of the molecule is O=c1c(NCc2ncc[nH]2)c(Br)cnn1CC1CCC1. The van der Waals surface area contributed by atoms with Gasteiger partial charge >= 0.3 is 0 Å². The van der Waals surface area contributed by atoms with Crippen LogP contribution in [-0.4, -0.2) is 19.7 Å². The third-order valence-corrected chi connectivity index (χ3v) is 4.24. The summed E-state index contributed by atoms with van der Waals surface area (Å²) in [7, 11) is 0. The van der Waals surface area contributed by atoms with E-state index < -0.39 is 0 Å². The minimum Gasteiger partial charge on any atom is -0.372 e. The van der Waals surface area contributed by atoms with Gasteiger partial charge in [0.05, 0.1) is 17.2 Å². The molecule has 0 radical (unpaired) electrons. The quantitative estimate of drug-likeness (QED) is 0.876. The van der Waals surface area contributed by atoms with Crippen LogP contribution >= 0.6 is 15.9 Å². The molecule has 0 aromatic carbocycles. The Labute approximate surface area is 124 Å². The van der Waals surface area contributed by atoms with Crippen LogP contribution in [0, 0.1) is 5.92 Å². The van der Waals surface area contributed by atoms with E-state index in [-0.39, 0.29) is 5.56 Å². The molecular weight excluding hydrogens is 322 g/mol. The van der Waals surface area contributed by atoms with Crippen LogP contribution in [0.25, 0.3) is 0 Å². The molecule has 2 aromatic heterocycles. The van der Waals surface area contributed by atoms with Crippen molar-refractivity contribution in [1.82, 2.24) is 19.7 Å². The molecule has 2 heterocycles. The second-order valence-electron chi connectivity index (χ2n) is 5.04. The van der Waals surface area contributed by atoms with E-state index in [0.29, 0.717) is 29.2 Å². The van der Waals surface area contributed by atoms with Crippen molar-refractivity contribution in [2.45, 2.75) is 32.4 Å². The van der Waals surface area contributed by atoms with Crippen molar-refractivity contribution in [2.75, 3.05) is 5.32 Å². The average Bonchev–Trinajstić information content (AvgIpc) is 2.89. The van der Waals surface area contributed by atoms with Crippen molar-refractivity contribution in [3.63, 3.8) is 0 Å². The molecule has 0 atom stereocenters. The smallest absolute Gasteiger partial charge is 0.291 e. The van der Waals surface area contributed by atoms with Crippen LogP contribution in [0.5, 0.6) is 0 Å². The van der Waals surface area contributed by atoms with E-state index in [1.165, 1.54) is 19.3 Å². The summed E-state index contributed by atoms with van der Waals surface area (Å²) in [6, 6.07) is 0. The molecule has 1 saturated carbocycles. The number of nitrogens with zero attached hydrogens (tertiary/aromatic N) is 3. The van der Waals surface area contributed by atoms with Crippen LogP contribution in [0.1, 0.15) is 25.1 Å². The molecule has 1 aliphatic carbocycles. The second kappa shape index (κ2) is 5.78. The molecule has 106 valence electrons. The van der Waals surface area contributed by atoms with Gasteiger partial charge in [0.1, 0.15) is 11.5 Å². The molecule has 2 aromatic rings. The number of halogens is 1. The van der Waals surface area contributed by atoms with Gasteiger partial charge in [0.15, 0.2) is 0 Å². The van der Waals surface area contributed by atoms with Crippen LogP contribution in [0.3, 0.4) is 0 Å².